The summed E-state index contributed by atoms with van der Waals surface area (Å²) in [5.41, 5.74) is 1.38. The van der Waals surface area contributed by atoms with Gasteiger partial charge in [0.2, 0.25) is 0 Å². The Kier molecular flexibility index (Phi) is 4.32. The van der Waals surface area contributed by atoms with Gasteiger partial charge in [-0.15, -0.1) is 0 Å². The quantitative estimate of drug-likeness (QED) is 0.697. The molecule has 1 aromatic carbocycles. The van der Waals surface area contributed by atoms with Gasteiger partial charge in [0.15, 0.2) is 0 Å². The maximum Gasteiger partial charge on any atom is 0.337 e. The third-order valence-corrected chi connectivity index (χ3v) is 2.76. The number of carbonyl (C=O) groups is 2. The molecule has 2 aromatic rings. The van der Waals surface area contributed by atoms with Gasteiger partial charge >= 0.3 is 5.97 Å². The van der Waals surface area contributed by atoms with Crippen molar-refractivity contribution in [3.05, 3.63) is 58.9 Å². The number of hydrogen-bond donors (Lipinski definition) is 1. The van der Waals surface area contributed by atoms with Gasteiger partial charge in [-0.3, -0.25) is 4.79 Å². The van der Waals surface area contributed by atoms with Crippen LogP contribution in [0.3, 0.4) is 0 Å². The number of rotatable bonds is 3. The second-order valence-corrected chi connectivity index (χ2v) is 4.28. The lowest BCUT2D eigenvalue weighted by Crippen LogP contribution is -2.12. The second kappa shape index (κ2) is 6.16. The van der Waals surface area contributed by atoms with Crippen LogP contribution in [0.25, 0.3) is 0 Å². The Hall–Kier alpha value is -2.40. The van der Waals surface area contributed by atoms with E-state index in [1.54, 1.807) is 30.3 Å². The number of halogens is 1. The lowest BCUT2D eigenvalue weighted by Gasteiger charge is -2.06. The summed E-state index contributed by atoms with van der Waals surface area (Å²) in [6, 6.07) is 9.41. The van der Waals surface area contributed by atoms with Crippen LogP contribution >= 0.6 is 11.6 Å². The van der Waals surface area contributed by atoms with Gasteiger partial charge in [0.1, 0.15) is 5.15 Å². The number of esters is 1. The first kappa shape index (κ1) is 14.0. The molecule has 0 saturated heterocycles. The van der Waals surface area contributed by atoms with Crippen molar-refractivity contribution in [3.63, 3.8) is 0 Å². The molecule has 0 aliphatic rings. The fourth-order valence-electron chi connectivity index (χ4n) is 1.55. The molecule has 102 valence electrons. The van der Waals surface area contributed by atoms with Crippen molar-refractivity contribution in [2.45, 2.75) is 0 Å². The minimum Gasteiger partial charge on any atom is -0.465 e. The standard InChI is InChI=1S/C14H11ClN2O3/c1-20-14(19)9-2-4-11(5-3-9)17-13(18)10-6-7-16-12(15)8-10/h2-8H,1H3,(H,17,18). The van der Waals surface area contributed by atoms with Crippen LogP contribution in [0, 0.1) is 0 Å². The summed E-state index contributed by atoms with van der Waals surface area (Å²) in [4.78, 5) is 27.0. The molecular formula is C14H11ClN2O3. The highest BCUT2D eigenvalue weighted by Gasteiger charge is 2.08. The van der Waals surface area contributed by atoms with Crippen molar-refractivity contribution in [2.75, 3.05) is 12.4 Å². The molecule has 6 heteroatoms. The Morgan fingerprint density at radius 3 is 2.45 bits per heavy atom. The van der Waals surface area contributed by atoms with Gasteiger partial charge in [-0.1, -0.05) is 11.6 Å². The van der Waals surface area contributed by atoms with Crippen LogP contribution in [0.2, 0.25) is 5.15 Å². The van der Waals surface area contributed by atoms with Crippen molar-refractivity contribution in [1.82, 2.24) is 4.98 Å². The van der Waals surface area contributed by atoms with E-state index in [0.29, 0.717) is 16.8 Å². The normalized spacial score (nSPS) is 9.90. The molecule has 1 amide bonds. The topological polar surface area (TPSA) is 68.3 Å². The Bertz CT molecular complexity index is 641. The van der Waals surface area contributed by atoms with E-state index in [1.807, 2.05) is 0 Å². The van der Waals surface area contributed by atoms with E-state index in [-0.39, 0.29) is 11.1 Å². The molecule has 2 rings (SSSR count). The van der Waals surface area contributed by atoms with Crippen molar-refractivity contribution < 1.29 is 14.3 Å². The average molecular weight is 291 g/mol. The van der Waals surface area contributed by atoms with Crippen LogP contribution in [0.1, 0.15) is 20.7 Å². The number of benzene rings is 1. The molecule has 0 saturated carbocycles. The summed E-state index contributed by atoms with van der Waals surface area (Å²) < 4.78 is 4.59. The van der Waals surface area contributed by atoms with Crippen LogP contribution in [-0.4, -0.2) is 24.0 Å². The number of nitrogens with one attached hydrogen (secondary N) is 1. The van der Waals surface area contributed by atoms with Crippen LogP contribution in [0.4, 0.5) is 5.69 Å². The Labute approximate surface area is 120 Å². The average Bonchev–Trinajstić information content (AvgIpc) is 2.47. The fraction of sp³-hybridized carbons (Fsp3) is 0.0714. The zero-order chi connectivity index (χ0) is 14.5. The van der Waals surface area contributed by atoms with E-state index in [2.05, 4.69) is 15.0 Å². The number of methoxy groups -OCH3 is 1. The molecule has 0 radical (unpaired) electrons. The fourth-order valence-corrected chi connectivity index (χ4v) is 1.73. The van der Waals surface area contributed by atoms with Gasteiger partial charge < -0.3 is 10.1 Å². The summed E-state index contributed by atoms with van der Waals surface area (Å²) in [6.07, 6.45) is 1.46. The third-order valence-electron chi connectivity index (χ3n) is 2.55. The van der Waals surface area contributed by atoms with Crippen LogP contribution < -0.4 is 5.32 Å². The highest BCUT2D eigenvalue weighted by molar-refractivity contribution is 6.29. The summed E-state index contributed by atoms with van der Waals surface area (Å²) in [5.74, 6) is -0.732. The highest BCUT2D eigenvalue weighted by Crippen LogP contribution is 2.13. The summed E-state index contributed by atoms with van der Waals surface area (Å²) in [6.45, 7) is 0. The number of carbonyl (C=O) groups excluding carboxylic acids is 2. The first-order valence-electron chi connectivity index (χ1n) is 5.71. The SMILES string of the molecule is COC(=O)c1ccc(NC(=O)c2ccnc(Cl)c2)cc1. The molecule has 1 N–H and O–H groups in total. The molecule has 0 spiro atoms. The van der Waals surface area contributed by atoms with Gasteiger partial charge in [-0.05, 0) is 36.4 Å². The van der Waals surface area contributed by atoms with Crippen LogP contribution in [0.15, 0.2) is 42.6 Å². The van der Waals surface area contributed by atoms with E-state index in [0.717, 1.165) is 0 Å². The minimum atomic E-state index is -0.427. The molecular weight excluding hydrogens is 280 g/mol. The van der Waals surface area contributed by atoms with Gasteiger partial charge in [-0.25, -0.2) is 9.78 Å². The van der Waals surface area contributed by atoms with Crippen LogP contribution in [-0.2, 0) is 4.74 Å². The zero-order valence-electron chi connectivity index (χ0n) is 10.6. The number of amides is 1. The van der Waals surface area contributed by atoms with Gasteiger partial charge in [0.05, 0.1) is 12.7 Å². The lowest BCUT2D eigenvalue weighted by atomic mass is 10.2. The lowest BCUT2D eigenvalue weighted by molar-refractivity contribution is 0.0600. The molecule has 1 aromatic heterocycles. The van der Waals surface area contributed by atoms with Gasteiger partial charge in [-0.2, -0.15) is 0 Å². The largest absolute Gasteiger partial charge is 0.465 e. The molecule has 0 aliphatic heterocycles. The minimum absolute atomic E-state index is 0.249. The molecule has 0 atom stereocenters. The van der Waals surface area contributed by atoms with E-state index >= 15 is 0 Å². The first-order valence-corrected chi connectivity index (χ1v) is 6.09. The summed E-state index contributed by atoms with van der Waals surface area (Å²) in [7, 11) is 1.31. The van der Waals surface area contributed by atoms with Crippen molar-refractivity contribution in [2.24, 2.45) is 0 Å². The van der Waals surface area contributed by atoms with E-state index in [9.17, 15) is 9.59 Å². The number of aromatic nitrogens is 1. The Balaban J connectivity index is 2.10. The number of nitrogens with zero attached hydrogens (tertiary/aromatic N) is 1. The van der Waals surface area contributed by atoms with E-state index < -0.39 is 5.97 Å². The molecule has 0 unspecified atom stereocenters. The molecule has 0 bridgehead atoms. The predicted molar refractivity (Wildman–Crippen MR) is 75.0 cm³/mol. The monoisotopic (exact) mass is 290 g/mol. The Morgan fingerprint density at radius 2 is 1.85 bits per heavy atom. The smallest absolute Gasteiger partial charge is 0.337 e. The third kappa shape index (κ3) is 3.33. The van der Waals surface area contributed by atoms with Crippen molar-refractivity contribution >= 4 is 29.2 Å². The number of pyridine rings is 1. The zero-order valence-corrected chi connectivity index (χ0v) is 11.3. The van der Waals surface area contributed by atoms with E-state index in [1.165, 1.54) is 19.4 Å². The van der Waals surface area contributed by atoms with Crippen molar-refractivity contribution in [1.29, 1.82) is 0 Å². The molecule has 20 heavy (non-hydrogen) atoms. The highest BCUT2D eigenvalue weighted by atomic mass is 35.5. The van der Waals surface area contributed by atoms with Crippen LogP contribution in [0.5, 0.6) is 0 Å². The Morgan fingerprint density at radius 1 is 1.15 bits per heavy atom. The van der Waals surface area contributed by atoms with Gasteiger partial charge in [0, 0.05) is 17.4 Å². The predicted octanol–water partition coefficient (Wildman–Crippen LogP) is 2.77. The summed E-state index contributed by atoms with van der Waals surface area (Å²) in [5, 5.41) is 2.94. The molecule has 1 heterocycles. The first-order chi connectivity index (χ1) is 9.60. The summed E-state index contributed by atoms with van der Waals surface area (Å²) >= 11 is 5.72. The maximum atomic E-state index is 12.0. The van der Waals surface area contributed by atoms with Gasteiger partial charge in [0.25, 0.3) is 5.91 Å². The number of hydrogen-bond acceptors (Lipinski definition) is 4. The number of ether oxygens (including phenoxy) is 1. The second-order valence-electron chi connectivity index (χ2n) is 3.89. The molecule has 5 nitrogen and oxygen atoms in total. The number of anilines is 1. The van der Waals surface area contributed by atoms with E-state index in [4.69, 9.17) is 11.6 Å². The molecule has 0 aliphatic carbocycles. The maximum absolute atomic E-state index is 12.0. The molecule has 0 fully saturated rings. The van der Waals surface area contributed by atoms with Crippen molar-refractivity contribution in [3.8, 4) is 0 Å².